The predicted octanol–water partition coefficient (Wildman–Crippen LogP) is 3.34. The molecule has 0 N–H and O–H groups in total. The number of rotatable bonds is 10. The number of hydrogen-bond donors (Lipinski definition) is 0. The molecule has 3 heterocycles. The maximum absolute atomic E-state index is 14.2. The van der Waals surface area contributed by atoms with Gasteiger partial charge in [-0.05, 0) is 50.6 Å². The van der Waals surface area contributed by atoms with Gasteiger partial charge in [0.25, 0.3) is 5.56 Å². The number of hydrogen-bond acceptors (Lipinski definition) is 10. The van der Waals surface area contributed by atoms with Crippen molar-refractivity contribution in [3.05, 3.63) is 84.7 Å². The van der Waals surface area contributed by atoms with Crippen molar-refractivity contribution < 1.29 is 33.3 Å². The van der Waals surface area contributed by atoms with E-state index in [9.17, 15) is 14.4 Å². The predicted molar refractivity (Wildman–Crippen MR) is 165 cm³/mol. The average molecular weight is 620 g/mol. The Bertz CT molecular complexity index is 1940. The summed E-state index contributed by atoms with van der Waals surface area (Å²) in [6.45, 7) is 5.67. The number of benzene rings is 2. The van der Waals surface area contributed by atoms with E-state index in [1.54, 1.807) is 43.5 Å². The Morgan fingerprint density at radius 2 is 1.68 bits per heavy atom. The third kappa shape index (κ3) is 5.48. The Morgan fingerprint density at radius 1 is 1.00 bits per heavy atom. The summed E-state index contributed by atoms with van der Waals surface area (Å²) in [7, 11) is 4.50. The molecule has 0 saturated carbocycles. The first kappa shape index (κ1) is 30.6. The molecule has 4 aromatic rings. The summed E-state index contributed by atoms with van der Waals surface area (Å²) in [4.78, 5) is 44.9. The van der Waals surface area contributed by atoms with Gasteiger partial charge in [-0.1, -0.05) is 29.5 Å². The van der Waals surface area contributed by atoms with Crippen LogP contribution in [-0.4, -0.2) is 55.6 Å². The summed E-state index contributed by atoms with van der Waals surface area (Å²) in [5.41, 5.74) is 2.45. The Balaban J connectivity index is 1.74. The highest BCUT2D eigenvalue weighted by molar-refractivity contribution is 7.07. The second-order valence-electron chi connectivity index (χ2n) is 9.80. The van der Waals surface area contributed by atoms with Crippen molar-refractivity contribution in [3.8, 4) is 17.2 Å². The monoisotopic (exact) mass is 619 g/mol. The van der Waals surface area contributed by atoms with Gasteiger partial charge >= 0.3 is 11.9 Å². The number of carbonyl (C=O) groups is 2. The third-order valence-corrected chi connectivity index (χ3v) is 8.21. The Morgan fingerprint density at radius 3 is 2.32 bits per heavy atom. The Hall–Kier alpha value is -4.84. The number of thiazole rings is 1. The zero-order valence-electron chi connectivity index (χ0n) is 25.3. The molecule has 1 atom stereocenters. The summed E-state index contributed by atoms with van der Waals surface area (Å²) in [6, 6.07) is 10.2. The minimum Gasteiger partial charge on any atom is -0.493 e. The van der Waals surface area contributed by atoms with E-state index in [1.165, 1.54) is 37.2 Å². The maximum Gasteiger partial charge on any atom is 0.338 e. The molecule has 11 nitrogen and oxygen atoms in total. The van der Waals surface area contributed by atoms with Crippen LogP contribution in [0.4, 0.5) is 0 Å². The lowest BCUT2D eigenvalue weighted by molar-refractivity contribution is -0.143. The molecule has 44 heavy (non-hydrogen) atoms. The van der Waals surface area contributed by atoms with Crippen LogP contribution in [0.1, 0.15) is 37.9 Å². The fraction of sp³-hybridized carbons (Fsp3) is 0.312. The topological polar surface area (TPSA) is 120 Å². The van der Waals surface area contributed by atoms with E-state index in [0.29, 0.717) is 37.8 Å². The first-order valence-electron chi connectivity index (χ1n) is 14.0. The molecule has 230 valence electrons. The van der Waals surface area contributed by atoms with E-state index in [1.807, 2.05) is 30.5 Å². The van der Waals surface area contributed by atoms with Crippen LogP contribution in [0.3, 0.4) is 0 Å². The van der Waals surface area contributed by atoms with E-state index in [4.69, 9.17) is 23.7 Å². The van der Waals surface area contributed by atoms with Crippen molar-refractivity contribution in [1.82, 2.24) is 9.13 Å². The standard InChI is InChI=1S/C32H33N3O8S/c1-7-42-26(36)17-34-16-20(21-11-9-10-12-22(21)34)15-25-30(37)35-28(19-13-23(39-4)29(41-6)24(14-19)40-5)27(31(38)43-8-2)18(3)33-32(35)44-25/h9-16,28H,7-8,17H2,1-6H3/b25-15-/t28-/m0/s1. The Labute approximate surface area is 257 Å². The largest absolute Gasteiger partial charge is 0.493 e. The van der Waals surface area contributed by atoms with Crippen molar-refractivity contribution in [3.63, 3.8) is 0 Å². The van der Waals surface area contributed by atoms with Gasteiger partial charge < -0.3 is 28.3 Å². The fourth-order valence-corrected chi connectivity index (χ4v) is 6.41. The van der Waals surface area contributed by atoms with Crippen molar-refractivity contribution in [1.29, 1.82) is 0 Å². The van der Waals surface area contributed by atoms with Gasteiger partial charge in [0.2, 0.25) is 5.75 Å². The maximum atomic E-state index is 14.2. The summed E-state index contributed by atoms with van der Waals surface area (Å²) < 4.78 is 30.9. The molecule has 5 rings (SSSR count). The van der Waals surface area contributed by atoms with Gasteiger partial charge in [0, 0.05) is 22.7 Å². The molecule has 0 spiro atoms. The van der Waals surface area contributed by atoms with Crippen LogP contribution < -0.4 is 29.1 Å². The van der Waals surface area contributed by atoms with Crippen LogP contribution in [0.2, 0.25) is 0 Å². The molecule has 0 amide bonds. The molecular weight excluding hydrogens is 586 g/mol. The molecule has 12 heteroatoms. The molecule has 0 fully saturated rings. The minimum absolute atomic E-state index is 0.0344. The SMILES string of the molecule is CCOC(=O)Cn1cc(/C=c2\sc3n(c2=O)[C@@H](c2cc(OC)c(OC)c(OC)c2)C(C(=O)OCC)=C(C)N=3)c2ccccc21. The first-order chi connectivity index (χ1) is 21.3. The van der Waals surface area contributed by atoms with Gasteiger partial charge in [0.1, 0.15) is 6.54 Å². The molecule has 1 aliphatic rings. The summed E-state index contributed by atoms with van der Waals surface area (Å²) in [6.07, 6.45) is 3.61. The number of aromatic nitrogens is 2. The minimum atomic E-state index is -0.883. The normalized spacial score (nSPS) is 14.7. The fourth-order valence-electron chi connectivity index (χ4n) is 5.37. The average Bonchev–Trinajstić information content (AvgIpc) is 3.51. The third-order valence-electron chi connectivity index (χ3n) is 7.23. The number of nitrogens with zero attached hydrogens (tertiary/aromatic N) is 3. The van der Waals surface area contributed by atoms with Crippen LogP contribution in [0.25, 0.3) is 17.0 Å². The van der Waals surface area contributed by atoms with E-state index in [-0.39, 0.29) is 36.9 Å². The highest BCUT2D eigenvalue weighted by Gasteiger charge is 2.34. The lowest BCUT2D eigenvalue weighted by Gasteiger charge is -2.26. The van der Waals surface area contributed by atoms with Gasteiger partial charge in [0.15, 0.2) is 16.3 Å². The summed E-state index contributed by atoms with van der Waals surface area (Å²) >= 11 is 1.21. The number of allylic oxidation sites excluding steroid dienone is 1. The second kappa shape index (κ2) is 12.8. The molecular formula is C32H33N3O8S. The van der Waals surface area contributed by atoms with Crippen molar-refractivity contribution in [2.24, 2.45) is 4.99 Å². The molecule has 0 saturated heterocycles. The van der Waals surface area contributed by atoms with Gasteiger partial charge in [-0.2, -0.15) is 0 Å². The molecule has 0 bridgehead atoms. The number of ether oxygens (including phenoxy) is 5. The van der Waals surface area contributed by atoms with Crippen LogP contribution in [0.15, 0.2) is 63.7 Å². The van der Waals surface area contributed by atoms with E-state index < -0.39 is 12.0 Å². The molecule has 2 aromatic carbocycles. The van der Waals surface area contributed by atoms with Crippen LogP contribution in [-0.2, 0) is 25.6 Å². The van der Waals surface area contributed by atoms with E-state index >= 15 is 0 Å². The molecule has 1 aliphatic heterocycles. The number of esters is 2. The van der Waals surface area contributed by atoms with Gasteiger partial charge in [-0.15, -0.1) is 0 Å². The lowest BCUT2D eigenvalue weighted by atomic mass is 9.95. The molecule has 0 radical (unpaired) electrons. The summed E-state index contributed by atoms with van der Waals surface area (Å²) in [5.74, 6) is 0.187. The van der Waals surface area contributed by atoms with E-state index in [2.05, 4.69) is 4.99 Å². The van der Waals surface area contributed by atoms with Gasteiger partial charge in [-0.3, -0.25) is 14.2 Å². The molecule has 2 aromatic heterocycles. The number of fused-ring (bicyclic) bond motifs is 2. The number of methoxy groups -OCH3 is 3. The first-order valence-corrected chi connectivity index (χ1v) is 14.8. The van der Waals surface area contributed by atoms with Gasteiger partial charge in [-0.25, -0.2) is 9.79 Å². The number of carbonyl (C=O) groups excluding carboxylic acids is 2. The molecule has 0 aliphatic carbocycles. The van der Waals surface area contributed by atoms with Crippen LogP contribution in [0.5, 0.6) is 17.2 Å². The van der Waals surface area contributed by atoms with Crippen LogP contribution in [0, 0.1) is 0 Å². The van der Waals surface area contributed by atoms with Gasteiger partial charge in [0.05, 0.1) is 56.4 Å². The quantitative estimate of drug-likeness (QED) is 0.248. The second-order valence-corrected chi connectivity index (χ2v) is 10.8. The van der Waals surface area contributed by atoms with Crippen molar-refractivity contribution >= 4 is 40.3 Å². The van der Waals surface area contributed by atoms with Crippen molar-refractivity contribution in [2.45, 2.75) is 33.4 Å². The zero-order valence-corrected chi connectivity index (χ0v) is 26.1. The number of para-hydroxylation sites is 1. The Kier molecular flexibility index (Phi) is 8.91. The van der Waals surface area contributed by atoms with Crippen LogP contribution >= 0.6 is 11.3 Å². The highest BCUT2D eigenvalue weighted by atomic mass is 32.1. The summed E-state index contributed by atoms with van der Waals surface area (Å²) in [5, 5.41) is 0.868. The van der Waals surface area contributed by atoms with E-state index in [0.717, 1.165) is 16.5 Å². The zero-order chi connectivity index (χ0) is 31.5. The molecule has 0 unspecified atom stereocenters. The highest BCUT2D eigenvalue weighted by Crippen LogP contribution is 2.42. The van der Waals surface area contributed by atoms with Crippen molar-refractivity contribution in [2.75, 3.05) is 34.5 Å². The lowest BCUT2D eigenvalue weighted by Crippen LogP contribution is -2.40. The smallest absolute Gasteiger partial charge is 0.338 e.